The molecule has 20 heavy (non-hydrogen) atoms. The normalized spacial score (nSPS) is 31.4. The maximum Gasteiger partial charge on any atom is 0.119 e. The molecule has 0 aromatic heterocycles. The summed E-state index contributed by atoms with van der Waals surface area (Å²) >= 11 is 0. The van der Waals surface area contributed by atoms with Crippen LogP contribution in [0.25, 0.3) is 0 Å². The average molecular weight is 273 g/mol. The Bertz CT molecular complexity index is 458. The first-order chi connectivity index (χ1) is 9.74. The van der Waals surface area contributed by atoms with Gasteiger partial charge in [-0.25, -0.2) is 0 Å². The minimum atomic E-state index is 0.400. The van der Waals surface area contributed by atoms with E-state index in [1.54, 1.807) is 7.11 Å². The second-order valence-corrected chi connectivity index (χ2v) is 6.67. The van der Waals surface area contributed by atoms with E-state index in [2.05, 4.69) is 36.2 Å². The van der Waals surface area contributed by atoms with Crippen molar-refractivity contribution in [2.45, 2.75) is 43.9 Å². The lowest BCUT2D eigenvalue weighted by Gasteiger charge is -2.44. The highest BCUT2D eigenvalue weighted by atomic mass is 16.5. The summed E-state index contributed by atoms with van der Waals surface area (Å²) in [4.78, 5) is 2.51. The Morgan fingerprint density at radius 3 is 2.90 bits per heavy atom. The Kier molecular flexibility index (Phi) is 4.02. The number of ether oxygens (including phenoxy) is 1. The molecule has 2 aliphatic rings. The van der Waals surface area contributed by atoms with Gasteiger partial charge >= 0.3 is 0 Å². The molecule has 0 bridgehead atoms. The molecule has 1 aliphatic carbocycles. The lowest BCUT2D eigenvalue weighted by molar-refractivity contribution is 0.176. The molecule has 0 unspecified atom stereocenters. The van der Waals surface area contributed by atoms with Crippen LogP contribution in [0.15, 0.2) is 24.3 Å². The van der Waals surface area contributed by atoms with Crippen LogP contribution in [0.2, 0.25) is 0 Å². The standard InChI is InChI=1S/C18H27NO/c1-19-12-9-15-6-3-4-10-18(15,11-13-19)16-7-5-8-17(14-16)20-2/h5,7-8,14-15H,3-4,6,9-13H2,1-2H3/t15-,18+/m0/s1. The average Bonchev–Trinajstić information content (AvgIpc) is 2.68. The van der Waals surface area contributed by atoms with E-state index in [0.29, 0.717) is 5.41 Å². The zero-order valence-corrected chi connectivity index (χ0v) is 12.9. The number of benzene rings is 1. The van der Waals surface area contributed by atoms with Crippen LogP contribution in [0.4, 0.5) is 0 Å². The van der Waals surface area contributed by atoms with Crippen LogP contribution in [-0.2, 0) is 5.41 Å². The Morgan fingerprint density at radius 1 is 1.15 bits per heavy atom. The monoisotopic (exact) mass is 273 g/mol. The second-order valence-electron chi connectivity index (χ2n) is 6.67. The highest BCUT2D eigenvalue weighted by Gasteiger charge is 2.43. The SMILES string of the molecule is COc1cccc([C@@]23CCCC[C@H]2CCN(C)CC3)c1. The fourth-order valence-electron chi connectivity index (χ4n) is 4.40. The number of hydrogen-bond donors (Lipinski definition) is 0. The van der Waals surface area contributed by atoms with Crippen LogP contribution in [0.5, 0.6) is 5.75 Å². The second kappa shape index (κ2) is 5.77. The van der Waals surface area contributed by atoms with Gasteiger partial charge in [-0.1, -0.05) is 25.0 Å². The number of rotatable bonds is 2. The molecule has 2 atom stereocenters. The van der Waals surface area contributed by atoms with Gasteiger partial charge in [-0.05, 0) is 74.8 Å². The topological polar surface area (TPSA) is 12.5 Å². The predicted octanol–water partition coefficient (Wildman–Crippen LogP) is 3.85. The maximum atomic E-state index is 5.46. The van der Waals surface area contributed by atoms with E-state index in [1.165, 1.54) is 57.2 Å². The van der Waals surface area contributed by atoms with Crippen molar-refractivity contribution in [3.05, 3.63) is 29.8 Å². The van der Waals surface area contributed by atoms with E-state index in [1.807, 2.05) is 0 Å². The van der Waals surface area contributed by atoms with Gasteiger partial charge in [0.1, 0.15) is 5.75 Å². The third kappa shape index (κ3) is 2.46. The smallest absolute Gasteiger partial charge is 0.119 e. The van der Waals surface area contributed by atoms with Gasteiger partial charge in [0.15, 0.2) is 0 Å². The van der Waals surface area contributed by atoms with Gasteiger partial charge in [0, 0.05) is 0 Å². The van der Waals surface area contributed by atoms with Crippen LogP contribution >= 0.6 is 0 Å². The first kappa shape index (κ1) is 13.9. The van der Waals surface area contributed by atoms with Crippen molar-refractivity contribution < 1.29 is 4.74 Å². The number of nitrogens with zero attached hydrogens (tertiary/aromatic N) is 1. The molecule has 1 aliphatic heterocycles. The molecule has 1 saturated heterocycles. The maximum absolute atomic E-state index is 5.46. The molecule has 1 aromatic carbocycles. The summed E-state index contributed by atoms with van der Waals surface area (Å²) in [6.07, 6.45) is 8.23. The van der Waals surface area contributed by atoms with Gasteiger partial charge in [-0.15, -0.1) is 0 Å². The highest BCUT2D eigenvalue weighted by molar-refractivity contribution is 5.35. The van der Waals surface area contributed by atoms with Crippen molar-refractivity contribution >= 4 is 0 Å². The third-order valence-corrected chi connectivity index (χ3v) is 5.65. The summed E-state index contributed by atoms with van der Waals surface area (Å²) in [6.45, 7) is 2.49. The van der Waals surface area contributed by atoms with Gasteiger partial charge in [-0.2, -0.15) is 0 Å². The Hall–Kier alpha value is -1.02. The molecule has 2 nitrogen and oxygen atoms in total. The number of likely N-dealkylation sites (tertiary alicyclic amines) is 1. The van der Waals surface area contributed by atoms with E-state index in [9.17, 15) is 0 Å². The molecular weight excluding hydrogens is 246 g/mol. The van der Waals surface area contributed by atoms with E-state index in [0.717, 1.165) is 11.7 Å². The molecule has 1 saturated carbocycles. The zero-order chi connectivity index (χ0) is 14.0. The Balaban J connectivity index is 1.99. The quantitative estimate of drug-likeness (QED) is 0.811. The van der Waals surface area contributed by atoms with Crippen molar-refractivity contribution in [1.82, 2.24) is 4.90 Å². The fourth-order valence-corrected chi connectivity index (χ4v) is 4.40. The summed E-state index contributed by atoms with van der Waals surface area (Å²) in [7, 11) is 4.05. The predicted molar refractivity (Wildman–Crippen MR) is 83.4 cm³/mol. The van der Waals surface area contributed by atoms with Crippen molar-refractivity contribution in [2.24, 2.45) is 5.92 Å². The summed E-state index contributed by atoms with van der Waals surface area (Å²) in [5, 5.41) is 0. The molecule has 0 spiro atoms. The van der Waals surface area contributed by atoms with Crippen LogP contribution in [0, 0.1) is 5.92 Å². The summed E-state index contributed by atoms with van der Waals surface area (Å²) < 4.78 is 5.46. The minimum absolute atomic E-state index is 0.400. The van der Waals surface area contributed by atoms with Crippen molar-refractivity contribution in [3.63, 3.8) is 0 Å². The van der Waals surface area contributed by atoms with E-state index in [-0.39, 0.29) is 0 Å². The van der Waals surface area contributed by atoms with Crippen LogP contribution < -0.4 is 4.74 Å². The minimum Gasteiger partial charge on any atom is -0.497 e. The Morgan fingerprint density at radius 2 is 2.05 bits per heavy atom. The molecule has 2 fully saturated rings. The molecular formula is C18H27NO. The van der Waals surface area contributed by atoms with Gasteiger partial charge in [-0.3, -0.25) is 0 Å². The van der Waals surface area contributed by atoms with E-state index < -0.39 is 0 Å². The van der Waals surface area contributed by atoms with Gasteiger partial charge in [0.25, 0.3) is 0 Å². The van der Waals surface area contributed by atoms with Gasteiger partial charge in [0.05, 0.1) is 7.11 Å². The van der Waals surface area contributed by atoms with Gasteiger partial charge in [0.2, 0.25) is 0 Å². The van der Waals surface area contributed by atoms with E-state index >= 15 is 0 Å². The highest BCUT2D eigenvalue weighted by Crippen LogP contribution is 2.49. The molecule has 2 heteroatoms. The zero-order valence-electron chi connectivity index (χ0n) is 12.9. The first-order valence-corrected chi connectivity index (χ1v) is 8.08. The molecule has 1 aromatic rings. The van der Waals surface area contributed by atoms with Crippen molar-refractivity contribution in [3.8, 4) is 5.75 Å². The Labute approximate surface area is 123 Å². The summed E-state index contributed by atoms with van der Waals surface area (Å²) in [5.74, 6) is 1.87. The third-order valence-electron chi connectivity index (χ3n) is 5.65. The lowest BCUT2D eigenvalue weighted by Crippen LogP contribution is -2.38. The number of methoxy groups -OCH3 is 1. The molecule has 0 N–H and O–H groups in total. The van der Waals surface area contributed by atoms with Crippen LogP contribution in [-0.4, -0.2) is 32.1 Å². The van der Waals surface area contributed by atoms with E-state index in [4.69, 9.17) is 4.74 Å². The van der Waals surface area contributed by atoms with Crippen molar-refractivity contribution in [1.29, 1.82) is 0 Å². The summed E-state index contributed by atoms with van der Waals surface area (Å²) in [6, 6.07) is 8.87. The summed E-state index contributed by atoms with van der Waals surface area (Å²) in [5.41, 5.74) is 1.93. The first-order valence-electron chi connectivity index (χ1n) is 8.08. The fraction of sp³-hybridized carbons (Fsp3) is 0.667. The van der Waals surface area contributed by atoms with Crippen molar-refractivity contribution in [2.75, 3.05) is 27.2 Å². The molecule has 3 rings (SSSR count). The number of hydrogen-bond acceptors (Lipinski definition) is 2. The largest absolute Gasteiger partial charge is 0.497 e. The molecule has 0 amide bonds. The molecule has 110 valence electrons. The molecule has 1 heterocycles. The molecule has 0 radical (unpaired) electrons. The van der Waals surface area contributed by atoms with Crippen LogP contribution in [0.3, 0.4) is 0 Å². The van der Waals surface area contributed by atoms with Gasteiger partial charge < -0.3 is 9.64 Å². The van der Waals surface area contributed by atoms with Crippen LogP contribution in [0.1, 0.15) is 44.1 Å². The number of fused-ring (bicyclic) bond motifs is 1. The lowest BCUT2D eigenvalue weighted by atomic mass is 9.60.